The zero-order valence-electron chi connectivity index (χ0n) is 13.4. The maximum Gasteiger partial charge on any atom is 0.127 e. The van der Waals surface area contributed by atoms with Gasteiger partial charge in [0.05, 0.1) is 0 Å². The van der Waals surface area contributed by atoms with Crippen LogP contribution in [0.2, 0.25) is 0 Å². The minimum Gasteiger partial charge on any atom is -0.303 e. The van der Waals surface area contributed by atoms with Gasteiger partial charge in [0.25, 0.3) is 0 Å². The van der Waals surface area contributed by atoms with Crippen LogP contribution in [0.25, 0.3) is 0 Å². The molecule has 116 valence electrons. The molecule has 1 aliphatic heterocycles. The third-order valence-corrected chi connectivity index (χ3v) is 5.53. The maximum absolute atomic E-state index is 11.7. The van der Waals surface area contributed by atoms with Crippen LogP contribution < -0.4 is 0 Å². The van der Waals surface area contributed by atoms with Crippen LogP contribution in [0.4, 0.5) is 0 Å². The molecule has 0 aromatic carbocycles. The zero-order chi connectivity index (χ0) is 14.3. The normalized spacial score (nSPS) is 28.6. The predicted octanol–water partition coefficient (Wildman–Crippen LogP) is 4.43. The molecule has 0 aromatic rings. The van der Waals surface area contributed by atoms with Crippen molar-refractivity contribution in [2.24, 2.45) is 11.3 Å². The van der Waals surface area contributed by atoms with Gasteiger partial charge in [-0.3, -0.25) is 0 Å². The smallest absolute Gasteiger partial charge is 0.127 e. The molecule has 0 amide bonds. The standard InChI is InChI=1S/C18H33NO/c1-2-8-17-9-7-13-19(14-10-17)15-18(16-20)11-5-3-4-6-12-18/h16-17H,2-15H2,1H3. The molecule has 0 aromatic heterocycles. The quantitative estimate of drug-likeness (QED) is 0.548. The van der Waals surface area contributed by atoms with E-state index in [0.29, 0.717) is 0 Å². The van der Waals surface area contributed by atoms with Gasteiger partial charge in [-0.1, -0.05) is 45.4 Å². The number of hydrogen-bond donors (Lipinski definition) is 0. The van der Waals surface area contributed by atoms with Crippen molar-refractivity contribution in [3.05, 3.63) is 0 Å². The Kier molecular flexibility index (Phi) is 6.54. The van der Waals surface area contributed by atoms with E-state index in [2.05, 4.69) is 11.8 Å². The number of rotatable bonds is 5. The van der Waals surface area contributed by atoms with Gasteiger partial charge in [-0.15, -0.1) is 0 Å². The fourth-order valence-corrected chi connectivity index (χ4v) is 4.27. The highest BCUT2D eigenvalue weighted by molar-refractivity contribution is 5.59. The Hall–Kier alpha value is -0.370. The van der Waals surface area contributed by atoms with Crippen molar-refractivity contribution in [3.63, 3.8) is 0 Å². The molecule has 1 heterocycles. The van der Waals surface area contributed by atoms with Gasteiger partial charge in [0.15, 0.2) is 0 Å². The number of aldehydes is 1. The summed E-state index contributed by atoms with van der Waals surface area (Å²) >= 11 is 0. The lowest BCUT2D eigenvalue weighted by atomic mass is 9.81. The van der Waals surface area contributed by atoms with E-state index in [1.165, 1.54) is 77.2 Å². The van der Waals surface area contributed by atoms with E-state index in [9.17, 15) is 4.79 Å². The molecule has 0 radical (unpaired) electrons. The molecule has 1 atom stereocenters. The highest BCUT2D eigenvalue weighted by Crippen LogP contribution is 2.35. The van der Waals surface area contributed by atoms with Crippen LogP contribution in [0.1, 0.15) is 77.6 Å². The summed E-state index contributed by atoms with van der Waals surface area (Å²) in [4.78, 5) is 14.3. The van der Waals surface area contributed by atoms with E-state index >= 15 is 0 Å². The van der Waals surface area contributed by atoms with Crippen molar-refractivity contribution >= 4 is 6.29 Å². The third-order valence-electron chi connectivity index (χ3n) is 5.53. The lowest BCUT2D eigenvalue weighted by Crippen LogP contribution is -2.39. The van der Waals surface area contributed by atoms with Gasteiger partial charge in [-0.25, -0.2) is 0 Å². The summed E-state index contributed by atoms with van der Waals surface area (Å²) in [5, 5.41) is 0. The van der Waals surface area contributed by atoms with Crippen LogP contribution in [0.15, 0.2) is 0 Å². The first-order chi connectivity index (χ1) is 9.78. The second kappa shape index (κ2) is 8.17. The van der Waals surface area contributed by atoms with Gasteiger partial charge >= 0.3 is 0 Å². The predicted molar refractivity (Wildman–Crippen MR) is 84.9 cm³/mol. The SMILES string of the molecule is CCCC1CCCN(CC2(C=O)CCCCCC2)CC1. The molecule has 0 bridgehead atoms. The Morgan fingerprint density at radius 1 is 1.05 bits per heavy atom. The van der Waals surface area contributed by atoms with Crippen LogP contribution in [-0.4, -0.2) is 30.8 Å². The Morgan fingerprint density at radius 2 is 1.80 bits per heavy atom. The third kappa shape index (κ3) is 4.58. The van der Waals surface area contributed by atoms with E-state index in [0.717, 1.165) is 25.3 Å². The maximum atomic E-state index is 11.7. The summed E-state index contributed by atoms with van der Waals surface area (Å²) in [5.74, 6) is 0.936. The van der Waals surface area contributed by atoms with Crippen LogP contribution in [0.3, 0.4) is 0 Å². The molecule has 2 fully saturated rings. The minimum atomic E-state index is -0.0128. The second-order valence-corrected chi connectivity index (χ2v) is 7.26. The fraction of sp³-hybridized carbons (Fsp3) is 0.944. The van der Waals surface area contributed by atoms with E-state index < -0.39 is 0 Å². The van der Waals surface area contributed by atoms with Gasteiger partial charge in [-0.05, 0) is 51.1 Å². The molecule has 1 saturated heterocycles. The highest BCUT2D eigenvalue weighted by atomic mass is 16.1. The Balaban J connectivity index is 1.88. The van der Waals surface area contributed by atoms with Crippen LogP contribution in [0, 0.1) is 11.3 Å². The molecule has 2 aliphatic rings. The van der Waals surface area contributed by atoms with E-state index in [-0.39, 0.29) is 5.41 Å². The average Bonchev–Trinajstić information content (AvgIpc) is 2.82. The summed E-state index contributed by atoms with van der Waals surface area (Å²) in [6.45, 7) is 5.78. The summed E-state index contributed by atoms with van der Waals surface area (Å²) in [6, 6.07) is 0. The summed E-state index contributed by atoms with van der Waals surface area (Å²) < 4.78 is 0. The summed E-state index contributed by atoms with van der Waals surface area (Å²) in [5.41, 5.74) is -0.0128. The Bertz CT molecular complexity index is 281. The number of carbonyl (C=O) groups is 1. The molecule has 20 heavy (non-hydrogen) atoms. The van der Waals surface area contributed by atoms with Crippen LogP contribution >= 0.6 is 0 Å². The Morgan fingerprint density at radius 3 is 2.45 bits per heavy atom. The minimum absolute atomic E-state index is 0.0128. The average molecular weight is 279 g/mol. The largest absolute Gasteiger partial charge is 0.303 e. The first-order valence-corrected chi connectivity index (χ1v) is 8.97. The molecular weight excluding hydrogens is 246 g/mol. The van der Waals surface area contributed by atoms with Crippen molar-refractivity contribution in [1.82, 2.24) is 4.90 Å². The lowest BCUT2D eigenvalue weighted by Gasteiger charge is -2.33. The van der Waals surface area contributed by atoms with Gasteiger partial charge < -0.3 is 9.69 Å². The molecule has 2 heteroatoms. The summed E-state index contributed by atoms with van der Waals surface area (Å²) in [6.07, 6.45) is 15.5. The second-order valence-electron chi connectivity index (χ2n) is 7.26. The van der Waals surface area contributed by atoms with E-state index in [4.69, 9.17) is 0 Å². The monoisotopic (exact) mass is 279 g/mol. The van der Waals surface area contributed by atoms with Crippen molar-refractivity contribution < 1.29 is 4.79 Å². The highest BCUT2D eigenvalue weighted by Gasteiger charge is 2.33. The van der Waals surface area contributed by atoms with Crippen molar-refractivity contribution in [1.29, 1.82) is 0 Å². The van der Waals surface area contributed by atoms with Crippen LogP contribution in [0.5, 0.6) is 0 Å². The van der Waals surface area contributed by atoms with Gasteiger partial charge in [0.2, 0.25) is 0 Å². The van der Waals surface area contributed by atoms with Gasteiger partial charge in [0, 0.05) is 12.0 Å². The topological polar surface area (TPSA) is 20.3 Å². The molecule has 1 unspecified atom stereocenters. The van der Waals surface area contributed by atoms with Gasteiger partial charge in [-0.2, -0.15) is 0 Å². The first kappa shape index (κ1) is 16.0. The number of nitrogens with zero attached hydrogens (tertiary/aromatic N) is 1. The number of hydrogen-bond acceptors (Lipinski definition) is 2. The molecule has 2 nitrogen and oxygen atoms in total. The summed E-state index contributed by atoms with van der Waals surface area (Å²) in [7, 11) is 0. The van der Waals surface area contributed by atoms with Crippen LogP contribution in [-0.2, 0) is 4.79 Å². The molecule has 1 aliphatic carbocycles. The van der Waals surface area contributed by atoms with E-state index in [1.807, 2.05) is 0 Å². The zero-order valence-corrected chi connectivity index (χ0v) is 13.4. The van der Waals surface area contributed by atoms with Crippen molar-refractivity contribution in [2.75, 3.05) is 19.6 Å². The molecular formula is C18H33NO. The first-order valence-electron chi connectivity index (χ1n) is 8.97. The molecule has 1 saturated carbocycles. The molecule has 2 rings (SSSR count). The molecule has 0 spiro atoms. The fourth-order valence-electron chi connectivity index (χ4n) is 4.27. The Labute approximate surface area is 125 Å². The van der Waals surface area contributed by atoms with Crippen molar-refractivity contribution in [3.8, 4) is 0 Å². The number of carbonyl (C=O) groups excluding carboxylic acids is 1. The van der Waals surface area contributed by atoms with Gasteiger partial charge in [0.1, 0.15) is 6.29 Å². The number of likely N-dealkylation sites (tertiary alicyclic amines) is 1. The lowest BCUT2D eigenvalue weighted by molar-refractivity contribution is -0.118. The molecule has 0 N–H and O–H groups in total. The van der Waals surface area contributed by atoms with E-state index in [1.54, 1.807) is 0 Å². The van der Waals surface area contributed by atoms with Crippen molar-refractivity contribution in [2.45, 2.75) is 77.6 Å².